The van der Waals surface area contributed by atoms with Gasteiger partial charge in [0, 0.05) is 6.54 Å². The number of methoxy groups -OCH3 is 2. The van der Waals surface area contributed by atoms with Crippen molar-refractivity contribution in [3.8, 4) is 11.5 Å². The lowest BCUT2D eigenvalue weighted by Crippen LogP contribution is -2.31. The summed E-state index contributed by atoms with van der Waals surface area (Å²) in [6.07, 6.45) is 1.63. The van der Waals surface area contributed by atoms with E-state index in [1.807, 2.05) is 6.92 Å². The highest BCUT2D eigenvalue weighted by atomic mass is 19.1. The molecule has 0 aliphatic heterocycles. The van der Waals surface area contributed by atoms with Crippen LogP contribution in [-0.2, 0) is 6.54 Å². The number of halogens is 1. The van der Waals surface area contributed by atoms with Crippen molar-refractivity contribution < 1.29 is 13.9 Å². The zero-order valence-corrected chi connectivity index (χ0v) is 12.3. The summed E-state index contributed by atoms with van der Waals surface area (Å²) >= 11 is 0. The van der Waals surface area contributed by atoms with Gasteiger partial charge < -0.3 is 9.47 Å². The number of aryl methyl sites for hydroxylation is 1. The van der Waals surface area contributed by atoms with Gasteiger partial charge in [-0.25, -0.2) is 9.82 Å². The van der Waals surface area contributed by atoms with E-state index in [0.717, 1.165) is 11.3 Å². The molecule has 0 radical (unpaired) electrons. The number of hydrogen-bond acceptors (Lipinski definition) is 5. The van der Waals surface area contributed by atoms with Crippen LogP contribution in [0, 0.1) is 5.82 Å². The van der Waals surface area contributed by atoms with Gasteiger partial charge in [0.2, 0.25) is 0 Å². The van der Waals surface area contributed by atoms with Crippen molar-refractivity contribution in [1.29, 1.82) is 0 Å². The van der Waals surface area contributed by atoms with Crippen LogP contribution >= 0.6 is 0 Å². The van der Waals surface area contributed by atoms with Gasteiger partial charge in [-0.1, -0.05) is 6.07 Å². The van der Waals surface area contributed by atoms with E-state index in [2.05, 4.69) is 10.5 Å². The van der Waals surface area contributed by atoms with E-state index in [1.54, 1.807) is 30.1 Å². The Morgan fingerprint density at radius 1 is 1.33 bits per heavy atom. The summed E-state index contributed by atoms with van der Waals surface area (Å²) in [7, 11) is 2.99. The molecule has 0 saturated heterocycles. The van der Waals surface area contributed by atoms with Gasteiger partial charge in [0.1, 0.15) is 5.69 Å². The second-order valence-electron chi connectivity index (χ2n) is 4.41. The fraction of sp³-hybridized carbons (Fsp3) is 0.357. The predicted molar refractivity (Wildman–Crippen MR) is 76.6 cm³/mol. The number of hydrazine groups is 1. The first kappa shape index (κ1) is 15.3. The molecule has 21 heavy (non-hydrogen) atoms. The fourth-order valence-corrected chi connectivity index (χ4v) is 2.27. The van der Waals surface area contributed by atoms with E-state index in [4.69, 9.17) is 15.3 Å². The minimum absolute atomic E-state index is 0.161. The molecule has 0 bridgehead atoms. The van der Waals surface area contributed by atoms with Crippen molar-refractivity contribution in [1.82, 2.24) is 15.2 Å². The number of benzene rings is 1. The Morgan fingerprint density at radius 3 is 2.62 bits per heavy atom. The summed E-state index contributed by atoms with van der Waals surface area (Å²) < 4.78 is 25.7. The third-order valence-corrected chi connectivity index (χ3v) is 3.31. The van der Waals surface area contributed by atoms with Gasteiger partial charge >= 0.3 is 0 Å². The van der Waals surface area contributed by atoms with Gasteiger partial charge in [-0.15, -0.1) is 0 Å². The molecule has 1 aromatic heterocycles. The van der Waals surface area contributed by atoms with Crippen molar-refractivity contribution in [3.63, 3.8) is 0 Å². The van der Waals surface area contributed by atoms with E-state index < -0.39 is 11.9 Å². The van der Waals surface area contributed by atoms with Gasteiger partial charge in [-0.3, -0.25) is 10.5 Å². The zero-order chi connectivity index (χ0) is 15.4. The third kappa shape index (κ3) is 2.84. The Balaban J connectivity index is 2.51. The van der Waals surface area contributed by atoms with Crippen molar-refractivity contribution in [2.45, 2.75) is 19.5 Å². The standard InChI is InChI=1S/C14H19FN4O2/c1-4-19-14(12(21-3)8-17-19)13(18-16)9-5-6-10(15)11(7-9)20-2/h5-8,13,18H,4,16H2,1-3H3. The summed E-state index contributed by atoms with van der Waals surface area (Å²) in [4.78, 5) is 0. The second-order valence-corrected chi connectivity index (χ2v) is 4.41. The van der Waals surface area contributed by atoms with Crippen LogP contribution in [0.25, 0.3) is 0 Å². The fourth-order valence-electron chi connectivity index (χ4n) is 2.27. The lowest BCUT2D eigenvalue weighted by Gasteiger charge is -2.19. The minimum atomic E-state index is -0.423. The largest absolute Gasteiger partial charge is 0.494 e. The second kappa shape index (κ2) is 6.55. The number of nitrogens with zero attached hydrogens (tertiary/aromatic N) is 2. The van der Waals surface area contributed by atoms with Gasteiger partial charge in [-0.05, 0) is 24.6 Å². The quantitative estimate of drug-likeness (QED) is 0.625. The first-order chi connectivity index (χ1) is 10.2. The Morgan fingerprint density at radius 2 is 2.05 bits per heavy atom. The lowest BCUT2D eigenvalue weighted by atomic mass is 10.0. The highest BCUT2D eigenvalue weighted by Crippen LogP contribution is 2.31. The van der Waals surface area contributed by atoms with E-state index in [-0.39, 0.29) is 5.75 Å². The molecule has 1 unspecified atom stereocenters. The lowest BCUT2D eigenvalue weighted by molar-refractivity contribution is 0.383. The maximum Gasteiger partial charge on any atom is 0.165 e. The van der Waals surface area contributed by atoms with Gasteiger partial charge in [0.25, 0.3) is 0 Å². The molecule has 1 atom stereocenters. The van der Waals surface area contributed by atoms with Gasteiger partial charge in [0.15, 0.2) is 17.3 Å². The van der Waals surface area contributed by atoms with Crippen molar-refractivity contribution in [2.75, 3.05) is 14.2 Å². The molecule has 3 N–H and O–H groups in total. The van der Waals surface area contributed by atoms with Crippen LogP contribution in [0.2, 0.25) is 0 Å². The molecule has 0 saturated carbocycles. The minimum Gasteiger partial charge on any atom is -0.494 e. The molecule has 0 aliphatic rings. The Kier molecular flexibility index (Phi) is 4.77. The number of nitrogens with two attached hydrogens (primary N) is 1. The zero-order valence-electron chi connectivity index (χ0n) is 12.3. The van der Waals surface area contributed by atoms with Crippen LogP contribution < -0.4 is 20.7 Å². The van der Waals surface area contributed by atoms with E-state index in [9.17, 15) is 4.39 Å². The van der Waals surface area contributed by atoms with Gasteiger partial charge in [-0.2, -0.15) is 5.10 Å². The highest BCUT2D eigenvalue weighted by molar-refractivity contribution is 5.40. The maximum absolute atomic E-state index is 13.6. The first-order valence-corrected chi connectivity index (χ1v) is 6.55. The molecular formula is C14H19FN4O2. The highest BCUT2D eigenvalue weighted by Gasteiger charge is 2.23. The van der Waals surface area contributed by atoms with Crippen molar-refractivity contribution in [3.05, 3.63) is 41.5 Å². The smallest absolute Gasteiger partial charge is 0.165 e. The summed E-state index contributed by atoms with van der Waals surface area (Å²) in [6, 6.07) is 4.20. The Labute approximate surface area is 122 Å². The summed E-state index contributed by atoms with van der Waals surface area (Å²) in [5, 5.41) is 4.25. The summed E-state index contributed by atoms with van der Waals surface area (Å²) in [5.41, 5.74) is 4.25. The topological polar surface area (TPSA) is 74.3 Å². The van der Waals surface area contributed by atoms with Crippen molar-refractivity contribution in [2.24, 2.45) is 5.84 Å². The number of nitrogens with one attached hydrogen (secondary N) is 1. The van der Waals surface area contributed by atoms with Crippen molar-refractivity contribution >= 4 is 0 Å². The van der Waals surface area contributed by atoms with Gasteiger partial charge in [0.05, 0.1) is 26.5 Å². The van der Waals surface area contributed by atoms with Crippen LogP contribution in [0.1, 0.15) is 24.2 Å². The first-order valence-electron chi connectivity index (χ1n) is 6.55. The molecule has 114 valence electrons. The normalized spacial score (nSPS) is 12.2. The van der Waals surface area contributed by atoms with E-state index in [1.165, 1.54) is 13.2 Å². The molecule has 0 aliphatic carbocycles. The predicted octanol–water partition coefficient (Wildman–Crippen LogP) is 1.61. The van der Waals surface area contributed by atoms with E-state index in [0.29, 0.717) is 12.3 Å². The SMILES string of the molecule is CCn1ncc(OC)c1C(NN)c1ccc(F)c(OC)c1. The van der Waals surface area contributed by atoms with Crippen LogP contribution in [-0.4, -0.2) is 24.0 Å². The van der Waals surface area contributed by atoms with Crippen LogP contribution in [0.5, 0.6) is 11.5 Å². The molecule has 0 spiro atoms. The maximum atomic E-state index is 13.6. The number of ether oxygens (including phenoxy) is 2. The number of aromatic nitrogens is 2. The molecule has 6 nitrogen and oxygen atoms in total. The molecule has 0 fully saturated rings. The molecule has 2 rings (SSSR count). The van der Waals surface area contributed by atoms with Crippen LogP contribution in [0.15, 0.2) is 24.4 Å². The molecule has 2 aromatic rings. The number of rotatable bonds is 6. The van der Waals surface area contributed by atoms with Crippen LogP contribution in [0.3, 0.4) is 0 Å². The Hall–Kier alpha value is -2.12. The average molecular weight is 294 g/mol. The number of hydrogen-bond donors (Lipinski definition) is 2. The summed E-state index contributed by atoms with van der Waals surface area (Å²) in [6.45, 7) is 2.63. The molecular weight excluding hydrogens is 275 g/mol. The summed E-state index contributed by atoms with van der Waals surface area (Å²) in [5.74, 6) is 6.04. The third-order valence-electron chi connectivity index (χ3n) is 3.31. The molecule has 7 heteroatoms. The van der Waals surface area contributed by atoms with E-state index >= 15 is 0 Å². The molecule has 1 heterocycles. The van der Waals surface area contributed by atoms with Crippen LogP contribution in [0.4, 0.5) is 4.39 Å². The monoisotopic (exact) mass is 294 g/mol. The molecule has 0 amide bonds. The Bertz CT molecular complexity index is 594. The average Bonchev–Trinajstić information content (AvgIpc) is 2.92. The molecule has 1 aromatic carbocycles.